The van der Waals surface area contributed by atoms with Crippen molar-refractivity contribution in [3.63, 3.8) is 0 Å². The lowest BCUT2D eigenvalue weighted by Gasteiger charge is -2.11. The van der Waals surface area contributed by atoms with Crippen LogP contribution in [0.15, 0.2) is 60.9 Å². The number of ether oxygens (including phenoxy) is 2. The molecule has 0 aliphatic carbocycles. The van der Waals surface area contributed by atoms with Crippen LogP contribution in [0.4, 0.5) is 11.6 Å². The molecule has 4 rings (SSSR count). The van der Waals surface area contributed by atoms with Crippen molar-refractivity contribution >= 4 is 40.0 Å². The second kappa shape index (κ2) is 8.85. The highest BCUT2D eigenvalue weighted by molar-refractivity contribution is 6.31. The van der Waals surface area contributed by atoms with Crippen LogP contribution in [0.1, 0.15) is 16.1 Å². The Kier molecular flexibility index (Phi) is 5.81. The number of nitrogens with zero attached hydrogens (tertiary/aromatic N) is 3. The zero-order chi connectivity index (χ0) is 21.8. The SMILES string of the molecule is COc1ccc(Cl)cc1Nc1ncc2cc(OCc3ccnc(C(N)=O)c3)ccc2n1. The summed E-state index contributed by atoms with van der Waals surface area (Å²) in [6, 6.07) is 14.1. The predicted octanol–water partition coefficient (Wildman–Crippen LogP) is 4.11. The maximum Gasteiger partial charge on any atom is 0.267 e. The fourth-order valence-corrected chi connectivity index (χ4v) is 3.10. The van der Waals surface area contributed by atoms with Crippen molar-refractivity contribution in [2.24, 2.45) is 5.73 Å². The molecule has 8 nitrogen and oxygen atoms in total. The molecule has 2 aromatic heterocycles. The molecule has 2 heterocycles. The molecule has 0 radical (unpaired) electrons. The number of hydrogen-bond donors (Lipinski definition) is 2. The summed E-state index contributed by atoms with van der Waals surface area (Å²) in [6.07, 6.45) is 3.22. The number of carbonyl (C=O) groups is 1. The number of hydrogen-bond acceptors (Lipinski definition) is 7. The van der Waals surface area contributed by atoms with Crippen molar-refractivity contribution in [3.8, 4) is 11.5 Å². The molecule has 156 valence electrons. The van der Waals surface area contributed by atoms with Crippen molar-refractivity contribution in [1.29, 1.82) is 0 Å². The van der Waals surface area contributed by atoms with Gasteiger partial charge in [0.2, 0.25) is 5.95 Å². The van der Waals surface area contributed by atoms with Crippen LogP contribution >= 0.6 is 11.6 Å². The Morgan fingerprint density at radius 2 is 2.00 bits per heavy atom. The van der Waals surface area contributed by atoms with Crippen LogP contribution in [0.5, 0.6) is 11.5 Å². The zero-order valence-corrected chi connectivity index (χ0v) is 17.3. The van der Waals surface area contributed by atoms with Crippen molar-refractivity contribution in [2.75, 3.05) is 12.4 Å². The first-order valence-corrected chi connectivity index (χ1v) is 9.64. The van der Waals surface area contributed by atoms with Crippen molar-refractivity contribution in [3.05, 3.63) is 77.2 Å². The third-order valence-corrected chi connectivity index (χ3v) is 4.68. The summed E-state index contributed by atoms with van der Waals surface area (Å²) in [4.78, 5) is 24.1. The van der Waals surface area contributed by atoms with Crippen molar-refractivity contribution in [1.82, 2.24) is 15.0 Å². The van der Waals surface area contributed by atoms with Gasteiger partial charge in [-0.15, -0.1) is 0 Å². The molecule has 0 bridgehead atoms. The topological polar surface area (TPSA) is 112 Å². The predicted molar refractivity (Wildman–Crippen MR) is 118 cm³/mol. The summed E-state index contributed by atoms with van der Waals surface area (Å²) in [5.41, 5.74) is 7.66. The van der Waals surface area contributed by atoms with Gasteiger partial charge in [0, 0.05) is 22.8 Å². The van der Waals surface area contributed by atoms with Crippen LogP contribution in [-0.4, -0.2) is 28.0 Å². The number of halogens is 1. The van der Waals surface area contributed by atoms with E-state index < -0.39 is 5.91 Å². The molecule has 2 aromatic carbocycles. The van der Waals surface area contributed by atoms with E-state index in [1.54, 1.807) is 43.6 Å². The zero-order valence-electron chi connectivity index (χ0n) is 16.5. The van der Waals surface area contributed by atoms with Gasteiger partial charge in [-0.25, -0.2) is 9.97 Å². The quantitative estimate of drug-likeness (QED) is 0.449. The Balaban J connectivity index is 1.50. The summed E-state index contributed by atoms with van der Waals surface area (Å²) in [6.45, 7) is 0.267. The van der Waals surface area contributed by atoms with Crippen molar-refractivity contribution in [2.45, 2.75) is 6.61 Å². The van der Waals surface area contributed by atoms with Gasteiger partial charge in [-0.1, -0.05) is 11.6 Å². The Labute approximate surface area is 183 Å². The van der Waals surface area contributed by atoms with Crippen LogP contribution in [-0.2, 0) is 6.61 Å². The lowest BCUT2D eigenvalue weighted by Crippen LogP contribution is -2.13. The molecule has 0 spiro atoms. The second-order valence-electron chi connectivity index (χ2n) is 6.59. The van der Waals surface area contributed by atoms with Crippen LogP contribution in [0.3, 0.4) is 0 Å². The van der Waals surface area contributed by atoms with Gasteiger partial charge in [0.1, 0.15) is 23.8 Å². The van der Waals surface area contributed by atoms with Gasteiger partial charge in [-0.3, -0.25) is 9.78 Å². The third-order valence-electron chi connectivity index (χ3n) is 4.44. The van der Waals surface area contributed by atoms with Gasteiger partial charge in [0.15, 0.2) is 0 Å². The fraction of sp³-hybridized carbons (Fsp3) is 0.0909. The molecule has 31 heavy (non-hydrogen) atoms. The summed E-state index contributed by atoms with van der Waals surface area (Å²) in [5, 5.41) is 4.51. The van der Waals surface area contributed by atoms with Gasteiger partial charge in [0.05, 0.1) is 18.3 Å². The smallest absolute Gasteiger partial charge is 0.267 e. The minimum Gasteiger partial charge on any atom is -0.495 e. The lowest BCUT2D eigenvalue weighted by molar-refractivity contribution is 0.0995. The first-order chi connectivity index (χ1) is 15.0. The van der Waals surface area contributed by atoms with Gasteiger partial charge in [-0.05, 0) is 54.1 Å². The average Bonchev–Trinajstić information content (AvgIpc) is 2.78. The number of rotatable bonds is 7. The molecule has 0 atom stereocenters. The molecular formula is C22H18ClN5O3. The Bertz CT molecular complexity index is 1270. The van der Waals surface area contributed by atoms with Crippen LogP contribution < -0.4 is 20.5 Å². The van der Waals surface area contributed by atoms with Gasteiger partial charge in [-0.2, -0.15) is 0 Å². The number of fused-ring (bicyclic) bond motifs is 1. The first-order valence-electron chi connectivity index (χ1n) is 9.27. The molecule has 0 saturated carbocycles. The molecule has 4 aromatic rings. The van der Waals surface area contributed by atoms with E-state index in [1.807, 2.05) is 18.2 Å². The average molecular weight is 436 g/mol. The number of pyridine rings is 1. The minimum absolute atomic E-state index is 0.198. The monoisotopic (exact) mass is 435 g/mol. The molecule has 9 heteroatoms. The third kappa shape index (κ3) is 4.81. The number of amides is 1. The number of primary amides is 1. The van der Waals surface area contributed by atoms with Gasteiger partial charge in [0.25, 0.3) is 5.91 Å². The minimum atomic E-state index is -0.579. The summed E-state index contributed by atoms with van der Waals surface area (Å²) in [5.74, 6) is 1.11. The molecular weight excluding hydrogens is 418 g/mol. The number of benzene rings is 2. The van der Waals surface area contributed by atoms with E-state index >= 15 is 0 Å². The van der Waals surface area contributed by atoms with Gasteiger partial charge >= 0.3 is 0 Å². The molecule has 3 N–H and O–H groups in total. The normalized spacial score (nSPS) is 10.6. The highest BCUT2D eigenvalue weighted by Gasteiger charge is 2.08. The van der Waals surface area contributed by atoms with E-state index in [0.717, 1.165) is 16.5 Å². The Morgan fingerprint density at radius 1 is 1.13 bits per heavy atom. The number of anilines is 2. The molecule has 0 aliphatic rings. The standard InChI is InChI=1S/C22H18ClN5O3/c1-30-20-5-2-15(23)10-18(20)28-22-26-11-14-9-16(3-4-17(14)27-22)31-12-13-6-7-25-19(8-13)21(24)29/h2-11H,12H2,1H3,(H2,24,29)(H,26,27,28). The molecule has 0 fully saturated rings. The Morgan fingerprint density at radius 3 is 2.81 bits per heavy atom. The number of methoxy groups -OCH3 is 1. The molecule has 0 aliphatic heterocycles. The summed E-state index contributed by atoms with van der Waals surface area (Å²) >= 11 is 6.07. The number of nitrogens with two attached hydrogens (primary N) is 1. The van der Waals surface area contributed by atoms with E-state index in [2.05, 4.69) is 20.3 Å². The highest BCUT2D eigenvalue weighted by atomic mass is 35.5. The first kappa shape index (κ1) is 20.4. The number of carbonyl (C=O) groups excluding carboxylic acids is 1. The largest absolute Gasteiger partial charge is 0.495 e. The van der Waals surface area contributed by atoms with E-state index in [4.69, 9.17) is 26.8 Å². The van der Waals surface area contributed by atoms with Crippen LogP contribution in [0.2, 0.25) is 5.02 Å². The lowest BCUT2D eigenvalue weighted by atomic mass is 10.2. The Hall–Kier alpha value is -3.91. The molecule has 1 amide bonds. The fourth-order valence-electron chi connectivity index (χ4n) is 2.93. The van der Waals surface area contributed by atoms with E-state index in [9.17, 15) is 4.79 Å². The van der Waals surface area contributed by atoms with Crippen LogP contribution in [0, 0.1) is 0 Å². The number of nitrogens with one attached hydrogen (secondary N) is 1. The molecule has 0 unspecified atom stereocenters. The maximum absolute atomic E-state index is 11.3. The maximum atomic E-state index is 11.3. The van der Waals surface area contributed by atoms with E-state index in [-0.39, 0.29) is 12.3 Å². The summed E-state index contributed by atoms with van der Waals surface area (Å²) < 4.78 is 11.2. The number of aromatic nitrogens is 3. The second-order valence-corrected chi connectivity index (χ2v) is 7.02. The summed E-state index contributed by atoms with van der Waals surface area (Å²) in [7, 11) is 1.58. The van der Waals surface area contributed by atoms with Gasteiger partial charge < -0.3 is 20.5 Å². The van der Waals surface area contributed by atoms with E-state index in [1.165, 1.54) is 6.20 Å². The highest BCUT2D eigenvalue weighted by Crippen LogP contribution is 2.30. The van der Waals surface area contributed by atoms with Crippen LogP contribution in [0.25, 0.3) is 10.9 Å². The van der Waals surface area contributed by atoms with Crippen molar-refractivity contribution < 1.29 is 14.3 Å². The van der Waals surface area contributed by atoms with E-state index in [0.29, 0.717) is 28.2 Å². The molecule has 0 saturated heterocycles.